The van der Waals surface area contributed by atoms with E-state index in [9.17, 15) is 4.79 Å². The lowest BCUT2D eigenvalue weighted by Gasteiger charge is -2.25. The minimum Gasteiger partial charge on any atom is -0.399 e. The van der Waals surface area contributed by atoms with E-state index >= 15 is 0 Å². The highest BCUT2D eigenvalue weighted by Gasteiger charge is 2.15. The molecule has 124 valence electrons. The molecule has 0 aliphatic rings. The molecule has 0 heterocycles. The Labute approximate surface area is 144 Å². The molecule has 0 radical (unpaired) electrons. The monoisotopic (exact) mass is 333 g/mol. The molecule has 4 nitrogen and oxygen atoms in total. The third-order valence-corrected chi connectivity index (χ3v) is 3.62. The fourth-order valence-electron chi connectivity index (χ4n) is 2.44. The molecule has 1 amide bonds. The summed E-state index contributed by atoms with van der Waals surface area (Å²) in [4.78, 5) is 14.2. The third kappa shape index (κ3) is 5.93. The summed E-state index contributed by atoms with van der Waals surface area (Å²) in [5, 5.41) is 3.01. The molecule has 0 spiro atoms. The number of rotatable bonds is 6. The fraction of sp³-hybridized carbons (Fsp3) is 0.278. The van der Waals surface area contributed by atoms with Crippen molar-refractivity contribution in [3.63, 3.8) is 0 Å². The number of carbonyl (C=O) groups excluding carboxylic acids is 1. The average molecular weight is 334 g/mol. The molecule has 2 aromatic carbocycles. The first-order valence-electron chi connectivity index (χ1n) is 7.39. The van der Waals surface area contributed by atoms with Gasteiger partial charge in [-0.1, -0.05) is 42.5 Å². The number of nitrogens with one attached hydrogen (secondary N) is 1. The van der Waals surface area contributed by atoms with E-state index in [-0.39, 0.29) is 24.4 Å². The normalized spacial score (nSPS) is 11.6. The number of halogens is 1. The van der Waals surface area contributed by atoms with Gasteiger partial charge in [0, 0.05) is 12.2 Å². The van der Waals surface area contributed by atoms with Gasteiger partial charge in [0.15, 0.2) is 0 Å². The number of hydrogen-bond acceptors (Lipinski definition) is 3. The molecule has 0 saturated heterocycles. The van der Waals surface area contributed by atoms with Gasteiger partial charge in [-0.25, -0.2) is 0 Å². The lowest BCUT2D eigenvalue weighted by atomic mass is 10.1. The SMILES string of the molecule is CN(C)C(CNC(=O)Cc1cccc(N)c1)c1ccccc1.Cl. The van der Waals surface area contributed by atoms with Crippen LogP contribution >= 0.6 is 12.4 Å². The lowest BCUT2D eigenvalue weighted by molar-refractivity contribution is -0.120. The summed E-state index contributed by atoms with van der Waals surface area (Å²) in [6.07, 6.45) is 0.347. The van der Waals surface area contributed by atoms with Gasteiger partial charge in [-0.2, -0.15) is 0 Å². The molecule has 1 unspecified atom stereocenters. The number of hydrogen-bond donors (Lipinski definition) is 2. The summed E-state index contributed by atoms with van der Waals surface area (Å²) < 4.78 is 0. The highest BCUT2D eigenvalue weighted by atomic mass is 35.5. The molecule has 23 heavy (non-hydrogen) atoms. The Morgan fingerprint density at radius 1 is 1.13 bits per heavy atom. The van der Waals surface area contributed by atoms with Crippen LogP contribution in [0.2, 0.25) is 0 Å². The third-order valence-electron chi connectivity index (χ3n) is 3.62. The number of amides is 1. The molecule has 2 aromatic rings. The van der Waals surface area contributed by atoms with Gasteiger partial charge >= 0.3 is 0 Å². The smallest absolute Gasteiger partial charge is 0.224 e. The minimum absolute atomic E-state index is 0. The summed E-state index contributed by atoms with van der Waals surface area (Å²) in [5.74, 6) is 0.00776. The maximum Gasteiger partial charge on any atom is 0.224 e. The number of benzene rings is 2. The molecule has 0 saturated carbocycles. The molecule has 3 N–H and O–H groups in total. The second kappa shape index (κ2) is 9.18. The predicted molar refractivity (Wildman–Crippen MR) is 97.7 cm³/mol. The van der Waals surface area contributed by atoms with Crippen LogP contribution in [0.3, 0.4) is 0 Å². The molecule has 2 rings (SSSR count). The van der Waals surface area contributed by atoms with Gasteiger partial charge in [-0.3, -0.25) is 4.79 Å². The molecule has 1 atom stereocenters. The first kappa shape index (κ1) is 19.0. The molecular formula is C18H24ClN3O. The van der Waals surface area contributed by atoms with Crippen molar-refractivity contribution in [1.82, 2.24) is 10.2 Å². The Morgan fingerprint density at radius 2 is 1.83 bits per heavy atom. The number of nitrogen functional groups attached to an aromatic ring is 1. The summed E-state index contributed by atoms with van der Waals surface area (Å²) in [7, 11) is 4.03. The number of likely N-dealkylation sites (N-methyl/N-ethyl adjacent to an activating group) is 1. The van der Waals surface area contributed by atoms with Crippen molar-refractivity contribution in [1.29, 1.82) is 0 Å². The van der Waals surface area contributed by atoms with Crippen LogP contribution in [-0.4, -0.2) is 31.4 Å². The van der Waals surface area contributed by atoms with Gasteiger partial charge in [0.05, 0.1) is 12.5 Å². The van der Waals surface area contributed by atoms with Gasteiger partial charge in [0.25, 0.3) is 0 Å². The van der Waals surface area contributed by atoms with E-state index in [1.54, 1.807) is 0 Å². The highest BCUT2D eigenvalue weighted by Crippen LogP contribution is 2.16. The van der Waals surface area contributed by atoms with E-state index in [4.69, 9.17) is 5.73 Å². The number of nitrogens with two attached hydrogens (primary N) is 1. The van der Waals surface area contributed by atoms with Crippen LogP contribution in [0.15, 0.2) is 54.6 Å². The number of anilines is 1. The Morgan fingerprint density at radius 3 is 2.43 bits per heavy atom. The predicted octanol–water partition coefficient (Wildman–Crippen LogP) is 2.65. The molecule has 5 heteroatoms. The van der Waals surface area contributed by atoms with E-state index in [0.717, 1.165) is 5.56 Å². The van der Waals surface area contributed by atoms with Crippen LogP contribution in [0, 0.1) is 0 Å². The second-order valence-corrected chi connectivity index (χ2v) is 5.62. The molecule has 0 aliphatic heterocycles. The van der Waals surface area contributed by atoms with Crippen molar-refractivity contribution >= 4 is 24.0 Å². The van der Waals surface area contributed by atoms with Gasteiger partial charge in [0.2, 0.25) is 5.91 Å². The van der Waals surface area contributed by atoms with Gasteiger partial charge in [0.1, 0.15) is 0 Å². The van der Waals surface area contributed by atoms with Crippen LogP contribution in [0.5, 0.6) is 0 Å². The van der Waals surface area contributed by atoms with Crippen LogP contribution in [0.25, 0.3) is 0 Å². The van der Waals surface area contributed by atoms with Crippen LogP contribution < -0.4 is 11.1 Å². The van der Waals surface area contributed by atoms with Crippen molar-refractivity contribution < 1.29 is 4.79 Å². The maximum atomic E-state index is 12.1. The topological polar surface area (TPSA) is 58.4 Å². The van der Waals surface area contributed by atoms with Gasteiger partial charge in [-0.05, 0) is 37.4 Å². The Kier molecular flexibility index (Phi) is 7.59. The molecular weight excluding hydrogens is 310 g/mol. The lowest BCUT2D eigenvalue weighted by Crippen LogP contribution is -2.35. The largest absolute Gasteiger partial charge is 0.399 e. The van der Waals surface area contributed by atoms with E-state index in [2.05, 4.69) is 22.3 Å². The van der Waals surface area contributed by atoms with Crippen LogP contribution in [-0.2, 0) is 11.2 Å². The van der Waals surface area contributed by atoms with Gasteiger partial charge < -0.3 is 16.0 Å². The van der Waals surface area contributed by atoms with Gasteiger partial charge in [-0.15, -0.1) is 12.4 Å². The Balaban J connectivity index is 0.00000264. The molecule has 0 fully saturated rings. The number of carbonyl (C=O) groups is 1. The summed E-state index contributed by atoms with van der Waals surface area (Å²) in [6.45, 7) is 0.582. The Bertz CT molecular complexity index is 617. The highest BCUT2D eigenvalue weighted by molar-refractivity contribution is 5.85. The number of nitrogens with zero attached hydrogens (tertiary/aromatic N) is 1. The maximum absolute atomic E-state index is 12.1. The first-order chi connectivity index (χ1) is 10.6. The summed E-state index contributed by atoms with van der Waals surface area (Å²) in [5.41, 5.74) is 8.54. The van der Waals surface area contributed by atoms with Crippen molar-refractivity contribution in [2.24, 2.45) is 0 Å². The van der Waals surface area contributed by atoms with E-state index in [0.29, 0.717) is 18.7 Å². The van der Waals surface area contributed by atoms with Crippen molar-refractivity contribution in [2.45, 2.75) is 12.5 Å². The van der Waals surface area contributed by atoms with Crippen molar-refractivity contribution in [3.05, 3.63) is 65.7 Å². The summed E-state index contributed by atoms with van der Waals surface area (Å²) in [6, 6.07) is 17.8. The standard InChI is InChI=1S/C18H23N3O.ClH/c1-21(2)17(15-8-4-3-5-9-15)13-20-18(22)12-14-7-6-10-16(19)11-14;/h3-11,17H,12-13,19H2,1-2H3,(H,20,22);1H. The average Bonchev–Trinajstić information content (AvgIpc) is 2.48. The van der Waals surface area contributed by atoms with E-state index < -0.39 is 0 Å². The first-order valence-corrected chi connectivity index (χ1v) is 7.39. The molecule has 0 aliphatic carbocycles. The zero-order valence-electron chi connectivity index (χ0n) is 13.5. The Hall–Kier alpha value is -2.04. The minimum atomic E-state index is 0. The van der Waals surface area contributed by atoms with E-state index in [1.165, 1.54) is 5.56 Å². The fourth-order valence-corrected chi connectivity index (χ4v) is 2.44. The van der Waals surface area contributed by atoms with Crippen molar-refractivity contribution in [3.8, 4) is 0 Å². The molecule has 0 aromatic heterocycles. The van der Waals surface area contributed by atoms with Crippen LogP contribution in [0.4, 0.5) is 5.69 Å². The van der Waals surface area contributed by atoms with Crippen LogP contribution in [0.1, 0.15) is 17.2 Å². The molecule has 0 bridgehead atoms. The van der Waals surface area contributed by atoms with E-state index in [1.807, 2.05) is 56.6 Å². The zero-order chi connectivity index (χ0) is 15.9. The quantitative estimate of drug-likeness (QED) is 0.799. The zero-order valence-corrected chi connectivity index (χ0v) is 14.3. The van der Waals surface area contributed by atoms with Crippen molar-refractivity contribution in [2.75, 3.05) is 26.4 Å². The summed E-state index contributed by atoms with van der Waals surface area (Å²) >= 11 is 0. The second-order valence-electron chi connectivity index (χ2n) is 5.62.